The van der Waals surface area contributed by atoms with Crippen molar-refractivity contribution in [2.75, 3.05) is 0 Å². The summed E-state index contributed by atoms with van der Waals surface area (Å²) in [4.78, 5) is 58.0. The van der Waals surface area contributed by atoms with Gasteiger partial charge in [-0.2, -0.15) is 0 Å². The fraction of sp³-hybridized carbons (Fsp3) is 0.235. The van der Waals surface area contributed by atoms with E-state index >= 15 is 0 Å². The van der Waals surface area contributed by atoms with Crippen molar-refractivity contribution in [1.29, 1.82) is 0 Å². The average Bonchev–Trinajstić information content (AvgIpc) is 2.57. The molecule has 2 aromatic heterocycles. The standard InChI is InChI=1S/C17H14O15/c1-7(25-15(20)11-5-23-31-11)13(18)27-9(3)29-17(22)30-10(4)28-14(19)8(2)26-16(21)12-6-24-32-12/h5-6,9-10H,1-2H2,3-4H3. The van der Waals surface area contributed by atoms with Crippen LogP contribution in [-0.2, 0) is 38.0 Å². The van der Waals surface area contributed by atoms with Gasteiger partial charge in [0.25, 0.3) is 0 Å². The van der Waals surface area contributed by atoms with Gasteiger partial charge in [0, 0.05) is 13.8 Å². The van der Waals surface area contributed by atoms with Crippen LogP contribution in [0.2, 0.25) is 0 Å². The maximum absolute atomic E-state index is 11.7. The normalized spacial score (nSPS) is 12.1. The van der Waals surface area contributed by atoms with Gasteiger partial charge in [-0.15, -0.1) is 0 Å². The third-order valence-corrected chi connectivity index (χ3v) is 2.95. The van der Waals surface area contributed by atoms with Crippen LogP contribution >= 0.6 is 0 Å². The van der Waals surface area contributed by atoms with Gasteiger partial charge in [-0.1, -0.05) is 0 Å². The molecular formula is C17H14O15. The Morgan fingerprint density at radius 1 is 0.719 bits per heavy atom. The Labute approximate surface area is 176 Å². The zero-order valence-electron chi connectivity index (χ0n) is 16.3. The number of esters is 4. The Hall–Kier alpha value is -4.69. The van der Waals surface area contributed by atoms with E-state index < -0.39 is 54.1 Å². The van der Waals surface area contributed by atoms with Crippen molar-refractivity contribution < 1.29 is 70.7 Å². The summed E-state index contributed by atoms with van der Waals surface area (Å²) in [6.45, 7) is 8.59. The highest BCUT2D eigenvalue weighted by Gasteiger charge is 2.26. The first-order chi connectivity index (χ1) is 15.1. The Balaban J connectivity index is 1.69. The lowest BCUT2D eigenvalue weighted by atomic mass is 10.5. The lowest BCUT2D eigenvalue weighted by Crippen LogP contribution is -2.28. The highest BCUT2D eigenvalue weighted by molar-refractivity contribution is 5.94. The molecule has 0 saturated heterocycles. The second-order valence-electron chi connectivity index (χ2n) is 5.38. The van der Waals surface area contributed by atoms with E-state index in [2.05, 4.69) is 59.9 Å². The molecule has 2 atom stereocenters. The molecule has 172 valence electrons. The lowest BCUT2D eigenvalue weighted by Gasteiger charge is -2.17. The summed E-state index contributed by atoms with van der Waals surface area (Å²) in [6.07, 6.45) is -2.61. The first-order valence-electron chi connectivity index (χ1n) is 8.25. The topological polar surface area (TPSA) is 193 Å². The molecular weight excluding hydrogens is 444 g/mol. The second kappa shape index (κ2) is 10.4. The van der Waals surface area contributed by atoms with Gasteiger partial charge < -0.3 is 28.4 Å². The minimum Gasteiger partial charge on any atom is -0.419 e. The highest BCUT2D eigenvalue weighted by atomic mass is 17.0. The fourth-order valence-electron chi connectivity index (χ4n) is 1.54. The van der Waals surface area contributed by atoms with Crippen LogP contribution in [0.4, 0.5) is 4.79 Å². The van der Waals surface area contributed by atoms with Gasteiger partial charge in [0.1, 0.15) is 0 Å². The van der Waals surface area contributed by atoms with Crippen LogP contribution in [0, 0.1) is 0 Å². The third-order valence-electron chi connectivity index (χ3n) is 2.95. The van der Waals surface area contributed by atoms with Crippen molar-refractivity contribution in [3.63, 3.8) is 0 Å². The molecule has 0 aliphatic carbocycles. The molecule has 32 heavy (non-hydrogen) atoms. The van der Waals surface area contributed by atoms with E-state index in [1.54, 1.807) is 0 Å². The maximum atomic E-state index is 11.7. The molecule has 0 bridgehead atoms. The van der Waals surface area contributed by atoms with Crippen LogP contribution in [0.1, 0.15) is 35.0 Å². The second-order valence-corrected chi connectivity index (χ2v) is 5.38. The van der Waals surface area contributed by atoms with E-state index in [9.17, 15) is 24.0 Å². The molecule has 2 unspecified atom stereocenters. The van der Waals surface area contributed by atoms with Gasteiger partial charge in [-0.05, 0) is 13.2 Å². The molecule has 0 N–H and O–H groups in total. The molecule has 0 saturated carbocycles. The summed E-state index contributed by atoms with van der Waals surface area (Å²) in [6, 6.07) is 0. The van der Waals surface area contributed by atoms with Crippen molar-refractivity contribution in [1.82, 2.24) is 0 Å². The van der Waals surface area contributed by atoms with E-state index in [1.807, 2.05) is 0 Å². The quantitative estimate of drug-likeness (QED) is 0.125. The minimum absolute atomic E-state index is 0.310. The van der Waals surface area contributed by atoms with Crippen LogP contribution in [0.15, 0.2) is 55.5 Å². The number of rotatable bonds is 10. The maximum Gasteiger partial charge on any atom is 0.514 e. The molecule has 2 heterocycles. The molecule has 2 aromatic rings. The van der Waals surface area contributed by atoms with Gasteiger partial charge in [-0.25, -0.2) is 24.0 Å². The van der Waals surface area contributed by atoms with Crippen LogP contribution in [0.5, 0.6) is 0 Å². The summed E-state index contributed by atoms with van der Waals surface area (Å²) < 4.78 is 44.4. The van der Waals surface area contributed by atoms with Crippen LogP contribution in [0.25, 0.3) is 0 Å². The number of carbonyl (C=O) groups is 5. The zero-order valence-corrected chi connectivity index (χ0v) is 16.3. The van der Waals surface area contributed by atoms with Gasteiger partial charge in [0.05, 0.1) is 0 Å². The molecule has 2 rings (SSSR count). The molecule has 0 spiro atoms. The van der Waals surface area contributed by atoms with E-state index in [4.69, 9.17) is 0 Å². The average molecular weight is 458 g/mol. The molecule has 15 heteroatoms. The fourth-order valence-corrected chi connectivity index (χ4v) is 1.54. The van der Waals surface area contributed by atoms with Gasteiger partial charge in [0.15, 0.2) is 12.5 Å². The largest absolute Gasteiger partial charge is 0.514 e. The Bertz CT molecular complexity index is 914. The predicted octanol–water partition coefficient (Wildman–Crippen LogP) is 2.03. The van der Waals surface area contributed by atoms with Gasteiger partial charge in [0.2, 0.25) is 24.1 Å². The summed E-state index contributed by atoms with van der Waals surface area (Å²) in [5.74, 6) is -6.72. The van der Waals surface area contributed by atoms with Crippen molar-refractivity contribution in [2.24, 2.45) is 0 Å². The Morgan fingerprint density at radius 3 is 1.34 bits per heavy atom. The van der Waals surface area contributed by atoms with Crippen LogP contribution < -0.4 is 0 Å². The van der Waals surface area contributed by atoms with Gasteiger partial charge in [-0.3, -0.25) is 18.3 Å². The zero-order chi connectivity index (χ0) is 23.8. The molecule has 0 aromatic carbocycles. The molecule has 0 fully saturated rings. The van der Waals surface area contributed by atoms with Crippen LogP contribution in [-0.4, -0.2) is 42.6 Å². The van der Waals surface area contributed by atoms with Crippen LogP contribution in [0.3, 0.4) is 0 Å². The lowest BCUT2D eigenvalue weighted by molar-refractivity contribution is -0.179. The number of hydrogen-bond acceptors (Lipinski definition) is 15. The first-order valence-corrected chi connectivity index (χ1v) is 8.25. The molecule has 15 nitrogen and oxygen atoms in total. The van der Waals surface area contributed by atoms with E-state index in [0.29, 0.717) is 0 Å². The Kier molecular flexibility index (Phi) is 7.65. The summed E-state index contributed by atoms with van der Waals surface area (Å²) in [7, 11) is 0. The number of carbonyl (C=O) groups excluding carboxylic acids is 5. The van der Waals surface area contributed by atoms with Gasteiger partial charge >= 0.3 is 41.6 Å². The third kappa shape index (κ3) is 6.68. The molecule has 0 radical (unpaired) electrons. The van der Waals surface area contributed by atoms with E-state index in [1.165, 1.54) is 0 Å². The Morgan fingerprint density at radius 2 is 1.06 bits per heavy atom. The van der Waals surface area contributed by atoms with Crippen molar-refractivity contribution in [3.8, 4) is 0 Å². The highest BCUT2D eigenvalue weighted by Crippen LogP contribution is 2.12. The summed E-state index contributed by atoms with van der Waals surface area (Å²) >= 11 is 0. The molecule has 0 aliphatic heterocycles. The summed E-state index contributed by atoms with van der Waals surface area (Å²) in [5, 5.41) is 0. The first kappa shape index (κ1) is 23.6. The summed E-state index contributed by atoms with van der Waals surface area (Å²) in [5.41, 5.74) is 0. The minimum atomic E-state index is -1.52. The predicted molar refractivity (Wildman–Crippen MR) is 89.7 cm³/mol. The molecule has 0 amide bonds. The van der Waals surface area contributed by atoms with Crippen molar-refractivity contribution in [2.45, 2.75) is 26.4 Å². The molecule has 0 aliphatic rings. The van der Waals surface area contributed by atoms with E-state index in [-0.39, 0.29) is 11.5 Å². The monoisotopic (exact) mass is 458 g/mol. The van der Waals surface area contributed by atoms with Crippen molar-refractivity contribution >= 4 is 30.0 Å². The smallest absolute Gasteiger partial charge is 0.419 e. The van der Waals surface area contributed by atoms with E-state index in [0.717, 1.165) is 26.4 Å². The number of hydrogen-bond donors (Lipinski definition) is 0. The SMILES string of the molecule is C=C(OC(=O)c1coo1)C(=O)OC(C)OC(=O)OC(C)OC(=O)C(=C)OC(=O)c1coo1. The van der Waals surface area contributed by atoms with Crippen molar-refractivity contribution in [3.05, 3.63) is 48.7 Å². The number of ether oxygens (including phenoxy) is 6.